The molecule has 1 heterocycles. The van der Waals surface area contributed by atoms with Crippen molar-refractivity contribution in [1.82, 2.24) is 4.90 Å². The van der Waals surface area contributed by atoms with Crippen LogP contribution in [-0.2, 0) is 10.2 Å². The van der Waals surface area contributed by atoms with Crippen LogP contribution in [0.15, 0.2) is 24.3 Å². The molecule has 0 amide bonds. The minimum absolute atomic E-state index is 0.262. The van der Waals surface area contributed by atoms with E-state index >= 15 is 0 Å². The zero-order chi connectivity index (χ0) is 15.6. The molecule has 0 aromatic heterocycles. The summed E-state index contributed by atoms with van der Waals surface area (Å²) in [6.07, 6.45) is 7.20. The Morgan fingerprint density at radius 3 is 2.18 bits per heavy atom. The molecule has 120 valence electrons. The maximum Gasteiger partial charge on any atom is 0.321 e. The Balaban J connectivity index is 1.99. The summed E-state index contributed by atoms with van der Waals surface area (Å²) in [5.41, 5.74) is 0.626. The van der Waals surface area contributed by atoms with E-state index in [1.54, 1.807) is 12.1 Å². The van der Waals surface area contributed by atoms with E-state index in [1.165, 1.54) is 18.6 Å². The molecule has 22 heavy (non-hydrogen) atoms. The van der Waals surface area contributed by atoms with Crippen molar-refractivity contribution < 1.29 is 14.3 Å². The van der Waals surface area contributed by atoms with Crippen LogP contribution in [0, 0.1) is 5.82 Å². The molecule has 1 aliphatic carbocycles. The van der Waals surface area contributed by atoms with Crippen molar-refractivity contribution in [2.45, 2.75) is 56.4 Å². The number of carbonyl (C=O) groups is 1. The second-order valence-electron chi connectivity index (χ2n) is 6.71. The fourth-order valence-corrected chi connectivity index (χ4v) is 4.43. The fourth-order valence-electron chi connectivity index (χ4n) is 4.43. The zero-order valence-corrected chi connectivity index (χ0v) is 12.9. The maximum absolute atomic E-state index is 13.3. The summed E-state index contributed by atoms with van der Waals surface area (Å²) in [6, 6.07) is 6.02. The van der Waals surface area contributed by atoms with E-state index in [1.807, 2.05) is 0 Å². The van der Waals surface area contributed by atoms with Gasteiger partial charge in [0.25, 0.3) is 0 Å². The van der Waals surface area contributed by atoms with Crippen LogP contribution in [-0.4, -0.2) is 35.1 Å². The van der Waals surface area contributed by atoms with E-state index in [0.29, 0.717) is 0 Å². The molecule has 0 bridgehead atoms. The van der Waals surface area contributed by atoms with E-state index in [4.69, 9.17) is 0 Å². The van der Waals surface area contributed by atoms with E-state index in [9.17, 15) is 14.3 Å². The number of aliphatic carboxylic acids is 1. The Labute approximate surface area is 131 Å². The van der Waals surface area contributed by atoms with Crippen LogP contribution in [0.3, 0.4) is 0 Å². The van der Waals surface area contributed by atoms with Crippen molar-refractivity contribution in [3.05, 3.63) is 35.6 Å². The molecule has 1 aromatic rings. The summed E-state index contributed by atoms with van der Waals surface area (Å²) in [6.45, 7) is 1.72. The molecule has 2 aliphatic rings. The minimum Gasteiger partial charge on any atom is -0.480 e. The molecule has 1 atom stereocenters. The van der Waals surface area contributed by atoms with Crippen LogP contribution in [0.4, 0.5) is 4.39 Å². The lowest BCUT2D eigenvalue weighted by Gasteiger charge is -2.43. The second-order valence-corrected chi connectivity index (χ2v) is 6.71. The lowest BCUT2D eigenvalue weighted by atomic mass is 9.71. The Hall–Kier alpha value is -1.42. The first kappa shape index (κ1) is 15.5. The number of piperidine rings is 1. The highest BCUT2D eigenvalue weighted by Crippen LogP contribution is 2.46. The van der Waals surface area contributed by atoms with Crippen molar-refractivity contribution in [3.63, 3.8) is 0 Å². The molecular weight excluding hydrogens is 281 g/mol. The van der Waals surface area contributed by atoms with Gasteiger partial charge in [-0.1, -0.05) is 31.4 Å². The SMILES string of the molecule is O=C(O)C(N1CCCCC1)C1(c2ccc(F)cc2)CCCC1. The van der Waals surface area contributed by atoms with Gasteiger partial charge in [0.2, 0.25) is 0 Å². The van der Waals surface area contributed by atoms with Crippen LogP contribution >= 0.6 is 0 Å². The predicted octanol–water partition coefficient (Wildman–Crippen LogP) is 3.58. The van der Waals surface area contributed by atoms with Crippen molar-refractivity contribution in [2.24, 2.45) is 0 Å². The van der Waals surface area contributed by atoms with Crippen LogP contribution in [0.25, 0.3) is 0 Å². The molecule has 4 heteroatoms. The molecule has 2 fully saturated rings. The molecule has 3 nitrogen and oxygen atoms in total. The number of hydrogen-bond acceptors (Lipinski definition) is 2. The van der Waals surface area contributed by atoms with Crippen molar-refractivity contribution in [1.29, 1.82) is 0 Å². The average Bonchev–Trinajstić information content (AvgIpc) is 2.99. The molecule has 1 saturated heterocycles. The first-order valence-corrected chi connectivity index (χ1v) is 8.36. The molecule has 0 radical (unpaired) electrons. The van der Waals surface area contributed by atoms with Gasteiger partial charge in [-0.25, -0.2) is 4.39 Å². The zero-order valence-electron chi connectivity index (χ0n) is 12.9. The molecule has 1 N–H and O–H groups in total. The average molecular weight is 305 g/mol. The summed E-state index contributed by atoms with van der Waals surface area (Å²) in [7, 11) is 0. The summed E-state index contributed by atoms with van der Waals surface area (Å²) < 4.78 is 13.3. The first-order valence-electron chi connectivity index (χ1n) is 8.36. The molecule has 0 spiro atoms. The number of halogens is 1. The summed E-state index contributed by atoms with van der Waals surface area (Å²) >= 11 is 0. The van der Waals surface area contributed by atoms with Gasteiger partial charge in [0, 0.05) is 5.41 Å². The van der Waals surface area contributed by atoms with Gasteiger partial charge in [-0.15, -0.1) is 0 Å². The van der Waals surface area contributed by atoms with Gasteiger partial charge >= 0.3 is 5.97 Å². The van der Waals surface area contributed by atoms with Crippen LogP contribution in [0.1, 0.15) is 50.5 Å². The van der Waals surface area contributed by atoms with Gasteiger partial charge in [-0.05, 0) is 56.5 Å². The molecule has 1 aliphatic heterocycles. The summed E-state index contributed by atoms with van der Waals surface area (Å²) in [5.74, 6) is -0.991. The predicted molar refractivity (Wildman–Crippen MR) is 83.4 cm³/mol. The molecule has 1 aromatic carbocycles. The van der Waals surface area contributed by atoms with Gasteiger partial charge in [-0.2, -0.15) is 0 Å². The molecule has 1 unspecified atom stereocenters. The van der Waals surface area contributed by atoms with Crippen LogP contribution in [0.2, 0.25) is 0 Å². The lowest BCUT2D eigenvalue weighted by molar-refractivity contribution is -0.147. The molecule has 3 rings (SSSR count). The smallest absolute Gasteiger partial charge is 0.321 e. The van der Waals surface area contributed by atoms with Gasteiger partial charge in [0.15, 0.2) is 0 Å². The summed E-state index contributed by atoms with van der Waals surface area (Å²) in [4.78, 5) is 14.3. The first-order chi connectivity index (χ1) is 10.6. The Kier molecular flexibility index (Phi) is 4.48. The van der Waals surface area contributed by atoms with Crippen molar-refractivity contribution in [2.75, 3.05) is 13.1 Å². The Morgan fingerprint density at radius 2 is 1.64 bits per heavy atom. The highest BCUT2D eigenvalue weighted by atomic mass is 19.1. The largest absolute Gasteiger partial charge is 0.480 e. The number of nitrogens with zero attached hydrogens (tertiary/aromatic N) is 1. The topological polar surface area (TPSA) is 40.5 Å². The van der Waals surface area contributed by atoms with E-state index < -0.39 is 12.0 Å². The Morgan fingerprint density at radius 1 is 1.05 bits per heavy atom. The Bertz CT molecular complexity index is 516. The third-order valence-electron chi connectivity index (χ3n) is 5.43. The third-order valence-corrected chi connectivity index (χ3v) is 5.43. The number of carboxylic acid groups (broad SMARTS) is 1. The number of carboxylic acids is 1. The second kappa shape index (κ2) is 6.37. The van der Waals surface area contributed by atoms with Gasteiger partial charge < -0.3 is 5.11 Å². The van der Waals surface area contributed by atoms with E-state index in [2.05, 4.69) is 4.90 Å². The lowest BCUT2D eigenvalue weighted by Crippen LogP contribution is -2.55. The van der Waals surface area contributed by atoms with Crippen LogP contribution in [0.5, 0.6) is 0 Å². The molecule has 1 saturated carbocycles. The molecular formula is C18H24FNO2. The number of likely N-dealkylation sites (tertiary alicyclic amines) is 1. The fraction of sp³-hybridized carbons (Fsp3) is 0.611. The number of benzene rings is 1. The van der Waals surface area contributed by atoms with Crippen molar-refractivity contribution in [3.8, 4) is 0 Å². The number of hydrogen-bond donors (Lipinski definition) is 1. The van der Waals surface area contributed by atoms with Crippen molar-refractivity contribution >= 4 is 5.97 Å². The maximum atomic E-state index is 13.3. The van der Waals surface area contributed by atoms with E-state index in [-0.39, 0.29) is 11.2 Å². The standard InChI is InChI=1S/C18H24FNO2/c19-15-8-6-14(7-9-15)18(10-2-3-11-18)16(17(21)22)20-12-4-1-5-13-20/h6-9,16H,1-5,10-13H2,(H,21,22). The highest BCUT2D eigenvalue weighted by molar-refractivity contribution is 5.76. The van der Waals surface area contributed by atoms with Gasteiger partial charge in [0.05, 0.1) is 0 Å². The third kappa shape index (κ3) is 2.76. The quantitative estimate of drug-likeness (QED) is 0.924. The monoisotopic (exact) mass is 305 g/mol. The van der Waals surface area contributed by atoms with Gasteiger partial charge in [0.1, 0.15) is 11.9 Å². The highest BCUT2D eigenvalue weighted by Gasteiger charge is 2.49. The number of rotatable bonds is 4. The normalized spacial score (nSPS) is 23.3. The van der Waals surface area contributed by atoms with E-state index in [0.717, 1.165) is 57.2 Å². The minimum atomic E-state index is -0.729. The van der Waals surface area contributed by atoms with Gasteiger partial charge in [-0.3, -0.25) is 9.69 Å². The van der Waals surface area contributed by atoms with Crippen LogP contribution < -0.4 is 0 Å². The summed E-state index contributed by atoms with van der Waals surface area (Å²) in [5, 5.41) is 9.95.